The third-order valence-corrected chi connectivity index (χ3v) is 3.49. The lowest BCUT2D eigenvalue weighted by Gasteiger charge is -2.36. The van der Waals surface area contributed by atoms with Gasteiger partial charge in [-0.05, 0) is 31.6 Å². The molecule has 0 unspecified atom stereocenters. The molecule has 0 saturated heterocycles. The third-order valence-electron chi connectivity index (χ3n) is 3.49. The number of ketones is 1. The van der Waals surface area contributed by atoms with Gasteiger partial charge < -0.3 is 5.73 Å². The second-order valence-corrected chi connectivity index (χ2v) is 4.24. The van der Waals surface area contributed by atoms with Gasteiger partial charge in [-0.15, -0.1) is 0 Å². The van der Waals surface area contributed by atoms with Crippen molar-refractivity contribution in [2.24, 2.45) is 17.6 Å². The summed E-state index contributed by atoms with van der Waals surface area (Å²) >= 11 is 0. The van der Waals surface area contributed by atoms with Crippen molar-refractivity contribution < 1.29 is 4.79 Å². The molecular weight excluding hydrogens is 150 g/mol. The quantitative estimate of drug-likeness (QED) is 0.594. The fourth-order valence-electron chi connectivity index (χ4n) is 2.74. The summed E-state index contributed by atoms with van der Waals surface area (Å²) in [5.41, 5.74) is 5.74. The number of carbonyl (C=O) groups is 1. The van der Waals surface area contributed by atoms with E-state index in [1.807, 2.05) is 0 Å². The number of Topliss-reactive ketones (excluding diaryl/α,β-unsaturated/α-hetero) is 1. The Hall–Kier alpha value is -0.370. The predicted molar refractivity (Wildman–Crippen MR) is 47.7 cm³/mol. The summed E-state index contributed by atoms with van der Waals surface area (Å²) in [6.07, 6.45) is 7.06. The smallest absolute Gasteiger partial charge is 0.152 e. The van der Waals surface area contributed by atoms with Gasteiger partial charge in [0.25, 0.3) is 0 Å². The molecule has 0 aromatic carbocycles. The highest BCUT2D eigenvalue weighted by atomic mass is 16.1. The first-order valence-electron chi connectivity index (χ1n) is 5.08. The molecule has 2 saturated carbocycles. The predicted octanol–water partition coefficient (Wildman–Crippen LogP) is 1.48. The zero-order chi connectivity index (χ0) is 8.55. The summed E-state index contributed by atoms with van der Waals surface area (Å²) < 4.78 is 0. The SMILES string of the molecule is N[C@H]1CC[C@H]2CCCC[C@@H]2C1=O. The average Bonchev–Trinajstić information content (AvgIpc) is 2.12. The molecule has 12 heavy (non-hydrogen) atoms. The molecule has 0 amide bonds. The van der Waals surface area contributed by atoms with Crippen LogP contribution in [-0.4, -0.2) is 11.8 Å². The van der Waals surface area contributed by atoms with Crippen LogP contribution in [-0.2, 0) is 4.79 Å². The van der Waals surface area contributed by atoms with Gasteiger partial charge >= 0.3 is 0 Å². The molecule has 2 N–H and O–H groups in total. The van der Waals surface area contributed by atoms with Crippen LogP contribution in [0.4, 0.5) is 0 Å². The van der Waals surface area contributed by atoms with E-state index in [4.69, 9.17) is 5.73 Å². The lowest BCUT2D eigenvalue weighted by Crippen LogP contribution is -2.44. The van der Waals surface area contributed by atoms with E-state index < -0.39 is 0 Å². The topological polar surface area (TPSA) is 43.1 Å². The molecule has 2 rings (SSSR count). The maximum absolute atomic E-state index is 11.6. The van der Waals surface area contributed by atoms with E-state index >= 15 is 0 Å². The van der Waals surface area contributed by atoms with Crippen molar-refractivity contribution in [1.29, 1.82) is 0 Å². The van der Waals surface area contributed by atoms with Crippen molar-refractivity contribution in [3.05, 3.63) is 0 Å². The van der Waals surface area contributed by atoms with Crippen molar-refractivity contribution in [2.75, 3.05) is 0 Å². The van der Waals surface area contributed by atoms with Gasteiger partial charge in [-0.25, -0.2) is 0 Å². The molecule has 0 spiro atoms. The van der Waals surface area contributed by atoms with Crippen molar-refractivity contribution in [1.82, 2.24) is 0 Å². The molecule has 0 aromatic heterocycles. The van der Waals surface area contributed by atoms with Crippen LogP contribution in [0.2, 0.25) is 0 Å². The minimum atomic E-state index is -0.135. The lowest BCUT2D eigenvalue weighted by atomic mass is 9.69. The van der Waals surface area contributed by atoms with Crippen molar-refractivity contribution >= 4 is 5.78 Å². The highest BCUT2D eigenvalue weighted by Gasteiger charge is 2.37. The molecule has 0 aliphatic heterocycles. The number of hydrogen-bond donors (Lipinski definition) is 1. The summed E-state index contributed by atoms with van der Waals surface area (Å²) in [6.45, 7) is 0. The number of carbonyl (C=O) groups excluding carboxylic acids is 1. The summed E-state index contributed by atoms with van der Waals surface area (Å²) in [5, 5.41) is 0. The first-order chi connectivity index (χ1) is 5.79. The molecular formula is C10H17NO. The highest BCUT2D eigenvalue weighted by molar-refractivity contribution is 5.87. The minimum absolute atomic E-state index is 0.135. The van der Waals surface area contributed by atoms with E-state index in [9.17, 15) is 4.79 Å². The maximum Gasteiger partial charge on any atom is 0.152 e. The van der Waals surface area contributed by atoms with Crippen molar-refractivity contribution in [2.45, 2.75) is 44.6 Å². The monoisotopic (exact) mass is 167 g/mol. The molecule has 2 heteroatoms. The number of rotatable bonds is 0. The standard InChI is InChI=1S/C10H17NO/c11-9-6-5-7-3-1-2-4-8(7)10(9)12/h7-9H,1-6,11H2/t7-,8+,9+/m1/s1. The Bertz CT molecular complexity index is 190. The average molecular weight is 167 g/mol. The van der Waals surface area contributed by atoms with Gasteiger partial charge in [-0.1, -0.05) is 12.8 Å². The van der Waals surface area contributed by atoms with Crippen LogP contribution in [0.15, 0.2) is 0 Å². The van der Waals surface area contributed by atoms with Gasteiger partial charge in [0.2, 0.25) is 0 Å². The van der Waals surface area contributed by atoms with E-state index in [1.165, 1.54) is 25.7 Å². The molecule has 2 fully saturated rings. The van der Waals surface area contributed by atoms with Crippen LogP contribution < -0.4 is 5.73 Å². The fraction of sp³-hybridized carbons (Fsp3) is 0.900. The summed E-state index contributed by atoms with van der Waals surface area (Å²) in [4.78, 5) is 11.6. The summed E-state index contributed by atoms with van der Waals surface area (Å²) in [6, 6.07) is -0.135. The van der Waals surface area contributed by atoms with Crippen LogP contribution in [0.1, 0.15) is 38.5 Å². The van der Waals surface area contributed by atoms with Crippen molar-refractivity contribution in [3.63, 3.8) is 0 Å². The Morgan fingerprint density at radius 2 is 1.83 bits per heavy atom. The van der Waals surface area contributed by atoms with Crippen LogP contribution >= 0.6 is 0 Å². The second-order valence-electron chi connectivity index (χ2n) is 4.24. The summed E-state index contributed by atoms with van der Waals surface area (Å²) in [5.74, 6) is 1.37. The molecule has 2 aliphatic rings. The minimum Gasteiger partial charge on any atom is -0.321 e. The molecule has 2 nitrogen and oxygen atoms in total. The van der Waals surface area contributed by atoms with E-state index in [2.05, 4.69) is 0 Å². The molecule has 0 bridgehead atoms. The number of hydrogen-bond acceptors (Lipinski definition) is 2. The molecule has 0 aromatic rings. The van der Waals surface area contributed by atoms with E-state index in [0.717, 1.165) is 12.8 Å². The normalized spacial score (nSPS) is 42.4. The maximum atomic E-state index is 11.6. The van der Waals surface area contributed by atoms with Gasteiger partial charge in [0, 0.05) is 5.92 Å². The molecule has 2 aliphatic carbocycles. The largest absolute Gasteiger partial charge is 0.321 e. The van der Waals surface area contributed by atoms with Crippen LogP contribution in [0, 0.1) is 11.8 Å². The molecule has 0 radical (unpaired) electrons. The van der Waals surface area contributed by atoms with Gasteiger partial charge in [-0.3, -0.25) is 4.79 Å². The Kier molecular flexibility index (Phi) is 2.18. The van der Waals surface area contributed by atoms with Crippen LogP contribution in [0.5, 0.6) is 0 Å². The Morgan fingerprint density at radius 3 is 2.67 bits per heavy atom. The fourth-order valence-corrected chi connectivity index (χ4v) is 2.74. The first kappa shape index (κ1) is 8.24. The molecule has 3 atom stereocenters. The number of fused-ring (bicyclic) bond motifs is 1. The second kappa shape index (κ2) is 3.17. The zero-order valence-corrected chi connectivity index (χ0v) is 7.46. The molecule has 0 heterocycles. The lowest BCUT2D eigenvalue weighted by molar-refractivity contribution is -0.129. The zero-order valence-electron chi connectivity index (χ0n) is 7.46. The van der Waals surface area contributed by atoms with Gasteiger partial charge in [0.05, 0.1) is 6.04 Å². The summed E-state index contributed by atoms with van der Waals surface area (Å²) in [7, 11) is 0. The Labute approximate surface area is 73.5 Å². The van der Waals surface area contributed by atoms with Gasteiger partial charge in [0.15, 0.2) is 5.78 Å². The van der Waals surface area contributed by atoms with Gasteiger partial charge in [-0.2, -0.15) is 0 Å². The van der Waals surface area contributed by atoms with E-state index in [-0.39, 0.29) is 6.04 Å². The first-order valence-corrected chi connectivity index (χ1v) is 5.08. The number of nitrogens with two attached hydrogens (primary N) is 1. The van der Waals surface area contributed by atoms with E-state index in [0.29, 0.717) is 17.6 Å². The van der Waals surface area contributed by atoms with Crippen LogP contribution in [0.25, 0.3) is 0 Å². The highest BCUT2D eigenvalue weighted by Crippen LogP contribution is 2.37. The van der Waals surface area contributed by atoms with Crippen LogP contribution in [0.3, 0.4) is 0 Å². The van der Waals surface area contributed by atoms with E-state index in [1.54, 1.807) is 0 Å². The van der Waals surface area contributed by atoms with Gasteiger partial charge in [0.1, 0.15) is 0 Å². The molecule has 68 valence electrons. The Balaban J connectivity index is 2.08. The van der Waals surface area contributed by atoms with Crippen molar-refractivity contribution in [3.8, 4) is 0 Å². The Morgan fingerprint density at radius 1 is 1.08 bits per heavy atom. The third kappa shape index (κ3) is 1.28.